The third kappa shape index (κ3) is 4.14. The zero-order valence-electron chi connectivity index (χ0n) is 17.3. The number of halogens is 1. The molecule has 0 spiro atoms. The highest BCUT2D eigenvalue weighted by Crippen LogP contribution is 2.39. The molecule has 30 heavy (non-hydrogen) atoms. The Kier molecular flexibility index (Phi) is 5.69. The smallest absolute Gasteiger partial charge is 0.339 e. The zero-order valence-corrected chi connectivity index (χ0v) is 18.9. The summed E-state index contributed by atoms with van der Waals surface area (Å²) in [5.41, 5.74) is 3.42. The van der Waals surface area contributed by atoms with Gasteiger partial charge in [-0.1, -0.05) is 50.6 Å². The number of rotatable bonds is 4. The second kappa shape index (κ2) is 8.12. The molecule has 1 aliphatic rings. The summed E-state index contributed by atoms with van der Waals surface area (Å²) in [4.78, 5) is 30.9. The van der Waals surface area contributed by atoms with Crippen molar-refractivity contribution < 1.29 is 14.3 Å². The molecule has 0 aliphatic heterocycles. The molecule has 1 atom stereocenters. The van der Waals surface area contributed by atoms with Gasteiger partial charge in [-0.25, -0.2) is 4.79 Å². The number of ketones is 1. The van der Waals surface area contributed by atoms with Gasteiger partial charge in [-0.05, 0) is 54.4 Å². The van der Waals surface area contributed by atoms with E-state index in [1.54, 1.807) is 12.1 Å². The molecule has 1 aliphatic carbocycles. The zero-order chi connectivity index (χ0) is 21.5. The molecular formula is C24H24ClNO3S. The van der Waals surface area contributed by atoms with Crippen molar-refractivity contribution >= 4 is 45.6 Å². The molecule has 4 nitrogen and oxygen atoms in total. The number of pyridine rings is 1. The van der Waals surface area contributed by atoms with Crippen molar-refractivity contribution in [3.63, 3.8) is 0 Å². The van der Waals surface area contributed by atoms with Gasteiger partial charge in [-0.15, -0.1) is 11.3 Å². The Morgan fingerprint density at radius 3 is 2.67 bits per heavy atom. The average molecular weight is 442 g/mol. The summed E-state index contributed by atoms with van der Waals surface area (Å²) in [5.74, 6) is -0.259. The van der Waals surface area contributed by atoms with E-state index in [9.17, 15) is 9.59 Å². The number of thiophene rings is 1. The molecule has 0 amide bonds. The van der Waals surface area contributed by atoms with E-state index in [1.807, 2.05) is 24.3 Å². The molecule has 2 heterocycles. The van der Waals surface area contributed by atoms with Gasteiger partial charge in [0.15, 0.2) is 6.61 Å². The number of para-hydroxylation sites is 1. The first-order valence-electron chi connectivity index (χ1n) is 10.1. The normalized spacial score (nSPS) is 16.3. The minimum Gasteiger partial charge on any atom is -0.454 e. The van der Waals surface area contributed by atoms with Crippen LogP contribution < -0.4 is 0 Å². The highest BCUT2D eigenvalue weighted by atomic mass is 35.5. The van der Waals surface area contributed by atoms with E-state index in [1.165, 1.54) is 11.3 Å². The molecule has 0 saturated carbocycles. The van der Waals surface area contributed by atoms with Crippen molar-refractivity contribution in [2.45, 2.75) is 40.0 Å². The standard InChI is InChI=1S/C24H24ClNO3S/c1-24(2,3)14-8-9-18-16(12-14)22(15-6-4-5-7-17(15)26-18)23(28)29-13-19(27)20-10-11-21(25)30-20/h4-7,10-11,14H,8-9,12-13H2,1-3H3/t14-/m1/s1. The number of esters is 1. The predicted molar refractivity (Wildman–Crippen MR) is 121 cm³/mol. The van der Waals surface area contributed by atoms with Crippen LogP contribution in [0.2, 0.25) is 4.34 Å². The number of hydrogen-bond acceptors (Lipinski definition) is 5. The van der Waals surface area contributed by atoms with E-state index in [-0.39, 0.29) is 17.8 Å². The Hall–Kier alpha value is -2.24. The van der Waals surface area contributed by atoms with Crippen LogP contribution in [0.25, 0.3) is 10.9 Å². The van der Waals surface area contributed by atoms with Crippen molar-refractivity contribution in [1.29, 1.82) is 0 Å². The van der Waals surface area contributed by atoms with Gasteiger partial charge in [0.2, 0.25) is 5.78 Å². The summed E-state index contributed by atoms with van der Waals surface area (Å²) in [6, 6.07) is 11.0. The van der Waals surface area contributed by atoms with Crippen LogP contribution >= 0.6 is 22.9 Å². The quantitative estimate of drug-likeness (QED) is 0.360. The van der Waals surface area contributed by atoms with E-state index >= 15 is 0 Å². The third-order valence-electron chi connectivity index (χ3n) is 5.87. The third-order valence-corrected chi connectivity index (χ3v) is 7.14. The van der Waals surface area contributed by atoms with Crippen LogP contribution in [0.3, 0.4) is 0 Å². The van der Waals surface area contributed by atoms with Crippen LogP contribution in [0.5, 0.6) is 0 Å². The molecule has 0 bridgehead atoms. The second-order valence-electron chi connectivity index (χ2n) is 8.84. The van der Waals surface area contributed by atoms with Crippen LogP contribution in [0.15, 0.2) is 36.4 Å². The molecule has 2 aromatic heterocycles. The van der Waals surface area contributed by atoms with Gasteiger partial charge in [0.1, 0.15) is 0 Å². The molecule has 1 aromatic carbocycles. The lowest BCUT2D eigenvalue weighted by Crippen LogP contribution is -2.29. The Morgan fingerprint density at radius 2 is 1.97 bits per heavy atom. The SMILES string of the molecule is CC(C)(C)[C@@H]1CCc2nc3ccccc3c(C(=O)OCC(=O)c3ccc(Cl)s3)c2C1. The number of Topliss-reactive ketones (excluding diaryl/α,β-unsaturated/α-hetero) is 1. The lowest BCUT2D eigenvalue weighted by molar-refractivity contribution is 0.0475. The van der Waals surface area contributed by atoms with Gasteiger partial charge in [-0.3, -0.25) is 9.78 Å². The van der Waals surface area contributed by atoms with E-state index in [0.717, 1.165) is 41.4 Å². The van der Waals surface area contributed by atoms with Gasteiger partial charge in [0.05, 0.1) is 20.3 Å². The summed E-state index contributed by atoms with van der Waals surface area (Å²) >= 11 is 7.10. The molecule has 0 N–H and O–H groups in total. The molecular weight excluding hydrogens is 418 g/mol. The van der Waals surface area contributed by atoms with Gasteiger partial charge in [0, 0.05) is 11.1 Å². The maximum atomic E-state index is 13.2. The van der Waals surface area contributed by atoms with Crippen LogP contribution in [0.1, 0.15) is 58.5 Å². The fourth-order valence-corrected chi connectivity index (χ4v) is 5.07. The highest BCUT2D eigenvalue weighted by molar-refractivity contribution is 7.18. The summed E-state index contributed by atoms with van der Waals surface area (Å²) < 4.78 is 6.03. The lowest BCUT2D eigenvalue weighted by atomic mass is 9.70. The molecule has 0 saturated heterocycles. The van der Waals surface area contributed by atoms with E-state index in [4.69, 9.17) is 21.3 Å². The largest absolute Gasteiger partial charge is 0.454 e. The minimum atomic E-state index is -0.463. The monoisotopic (exact) mass is 441 g/mol. The molecule has 0 unspecified atom stereocenters. The summed E-state index contributed by atoms with van der Waals surface area (Å²) in [6.45, 7) is 6.41. The van der Waals surface area contributed by atoms with Crippen molar-refractivity contribution in [2.24, 2.45) is 11.3 Å². The van der Waals surface area contributed by atoms with Crippen molar-refractivity contribution in [1.82, 2.24) is 4.98 Å². The summed E-state index contributed by atoms with van der Waals surface area (Å²) in [7, 11) is 0. The number of benzene rings is 1. The average Bonchev–Trinajstić information content (AvgIpc) is 3.15. The van der Waals surface area contributed by atoms with Crippen molar-refractivity contribution in [3.8, 4) is 0 Å². The Bertz CT molecular complexity index is 1130. The van der Waals surface area contributed by atoms with E-state index < -0.39 is 5.97 Å². The topological polar surface area (TPSA) is 56.3 Å². The number of nitrogens with zero attached hydrogens (tertiary/aromatic N) is 1. The van der Waals surface area contributed by atoms with Crippen molar-refractivity contribution in [2.75, 3.05) is 6.61 Å². The van der Waals surface area contributed by atoms with Gasteiger partial charge in [-0.2, -0.15) is 0 Å². The lowest BCUT2D eigenvalue weighted by Gasteiger charge is -2.35. The number of aromatic nitrogens is 1. The molecule has 4 rings (SSSR count). The molecule has 0 radical (unpaired) electrons. The summed E-state index contributed by atoms with van der Waals surface area (Å²) in [5, 5.41) is 0.780. The molecule has 0 fully saturated rings. The second-order valence-corrected chi connectivity index (χ2v) is 10.6. The number of ether oxygens (including phenoxy) is 1. The van der Waals surface area contributed by atoms with E-state index in [0.29, 0.717) is 20.7 Å². The fourth-order valence-electron chi connectivity index (χ4n) is 4.10. The Balaban J connectivity index is 1.68. The van der Waals surface area contributed by atoms with Crippen LogP contribution in [0.4, 0.5) is 0 Å². The van der Waals surface area contributed by atoms with Crippen LogP contribution in [0, 0.1) is 11.3 Å². The number of aryl methyl sites for hydroxylation is 1. The maximum Gasteiger partial charge on any atom is 0.339 e. The van der Waals surface area contributed by atoms with Crippen LogP contribution in [-0.4, -0.2) is 23.3 Å². The Morgan fingerprint density at radius 1 is 1.20 bits per heavy atom. The first-order chi connectivity index (χ1) is 14.2. The van der Waals surface area contributed by atoms with Crippen LogP contribution in [-0.2, 0) is 17.6 Å². The first kappa shape index (κ1) is 21.0. The highest BCUT2D eigenvalue weighted by Gasteiger charge is 2.33. The summed E-state index contributed by atoms with van der Waals surface area (Å²) in [6.07, 6.45) is 2.68. The fraction of sp³-hybridized carbons (Fsp3) is 0.375. The van der Waals surface area contributed by atoms with E-state index in [2.05, 4.69) is 20.8 Å². The predicted octanol–water partition coefficient (Wildman–Crippen LogP) is 6.14. The van der Waals surface area contributed by atoms with Gasteiger partial charge < -0.3 is 4.74 Å². The maximum absolute atomic E-state index is 13.2. The van der Waals surface area contributed by atoms with Gasteiger partial charge in [0.25, 0.3) is 0 Å². The number of carbonyl (C=O) groups is 2. The molecule has 3 aromatic rings. The molecule has 6 heteroatoms. The van der Waals surface area contributed by atoms with Crippen molar-refractivity contribution in [3.05, 3.63) is 62.4 Å². The molecule has 156 valence electrons. The first-order valence-corrected chi connectivity index (χ1v) is 11.3. The minimum absolute atomic E-state index is 0.138. The Labute approximate surface area is 185 Å². The number of fused-ring (bicyclic) bond motifs is 2. The number of carbonyl (C=O) groups excluding carboxylic acids is 2. The van der Waals surface area contributed by atoms with Gasteiger partial charge >= 0.3 is 5.97 Å². The number of hydrogen-bond donors (Lipinski definition) is 0.